The number of benzene rings is 1. The van der Waals surface area contributed by atoms with Gasteiger partial charge < -0.3 is 45.9 Å². The van der Waals surface area contributed by atoms with Crippen LogP contribution < -0.4 is 16.0 Å². The first kappa shape index (κ1) is 48.0. The van der Waals surface area contributed by atoms with Gasteiger partial charge in [-0.25, -0.2) is 4.79 Å². The molecule has 2 aromatic rings. The summed E-state index contributed by atoms with van der Waals surface area (Å²) in [5.74, 6) is -6.91. The van der Waals surface area contributed by atoms with E-state index in [0.717, 1.165) is 17.1 Å². The minimum Gasteiger partial charge on any atom is -0.479 e. The number of imide groups is 1. The Kier molecular flexibility index (Phi) is 16.3. The molecule has 334 valence electrons. The third kappa shape index (κ3) is 13.2. The average Bonchev–Trinajstić information content (AvgIpc) is 3.78. The molecule has 8 atom stereocenters. The van der Waals surface area contributed by atoms with Gasteiger partial charge in [-0.1, -0.05) is 25.1 Å². The molecule has 4 rings (SSSR count). The van der Waals surface area contributed by atoms with E-state index in [-0.39, 0.29) is 43.8 Å². The summed E-state index contributed by atoms with van der Waals surface area (Å²) in [6, 6.07) is 0.895. The molecule has 0 unspecified atom stereocenters. The van der Waals surface area contributed by atoms with Gasteiger partial charge in [0.15, 0.2) is 6.10 Å². The van der Waals surface area contributed by atoms with E-state index < -0.39 is 118 Å². The lowest BCUT2D eigenvalue weighted by Gasteiger charge is -2.39. The molecule has 0 radical (unpaired) electrons. The summed E-state index contributed by atoms with van der Waals surface area (Å²) in [4.78, 5) is 89.5. The molecule has 3 heterocycles. The molecule has 5 amide bonds. The number of hydrogen-bond donors (Lipinski definition) is 8. The van der Waals surface area contributed by atoms with E-state index in [1.54, 1.807) is 19.9 Å². The second-order valence-corrected chi connectivity index (χ2v) is 16.4. The van der Waals surface area contributed by atoms with Crippen LogP contribution in [0.15, 0.2) is 36.5 Å². The molecule has 1 fully saturated rings. The maximum atomic E-state index is 13.5. The third-order valence-electron chi connectivity index (χ3n) is 9.80. The van der Waals surface area contributed by atoms with Crippen LogP contribution >= 0.6 is 0 Å². The van der Waals surface area contributed by atoms with Crippen molar-refractivity contribution in [2.75, 3.05) is 11.1 Å². The summed E-state index contributed by atoms with van der Waals surface area (Å²) in [6.07, 6.45) is -5.59. The Morgan fingerprint density at radius 2 is 1.62 bits per heavy atom. The quantitative estimate of drug-likeness (QED) is 0.0410. The standard InChI is InChI=1S/C37H49N7O16S/c1-18(2)30(40-27(46)15-25(44-28(47)10-11-29(44)48)24-16-43(42-41-24)12-5-13-61(56,57)58)36(53)38-19(3)35(52)39-23-8-6-22(17-59-20(4)45)21(14-23)7-9-26-31(49)32(50)33(51)34(60-26)37(54)55/h6,8,10-11,14,16,18-19,25-26,30-34,49-51H,5,7,9,12-13,15,17H2,1-4H3,(H,38,53)(H,39,52)(H,40,46)(H,54,55)(H,56,57,58)/t19-,25-,26-,30-,31-,32+,33-,34-/m0/s1. The van der Waals surface area contributed by atoms with Crippen LogP contribution in [0.5, 0.6) is 0 Å². The highest BCUT2D eigenvalue weighted by Crippen LogP contribution is 2.28. The smallest absolute Gasteiger partial charge is 0.335 e. The molecular formula is C37H49N7O16S. The first-order valence-corrected chi connectivity index (χ1v) is 20.7. The third-order valence-corrected chi connectivity index (χ3v) is 10.6. The van der Waals surface area contributed by atoms with Gasteiger partial charge in [-0.3, -0.25) is 42.9 Å². The topological polar surface area (TPSA) is 343 Å². The van der Waals surface area contributed by atoms with E-state index in [9.17, 15) is 62.4 Å². The monoisotopic (exact) mass is 879 g/mol. The first-order valence-electron chi connectivity index (χ1n) is 19.0. The van der Waals surface area contributed by atoms with Gasteiger partial charge in [0.2, 0.25) is 17.7 Å². The Morgan fingerprint density at radius 3 is 2.23 bits per heavy atom. The zero-order valence-electron chi connectivity index (χ0n) is 33.5. The van der Waals surface area contributed by atoms with Gasteiger partial charge in [0.25, 0.3) is 21.9 Å². The largest absolute Gasteiger partial charge is 0.479 e. The highest BCUT2D eigenvalue weighted by molar-refractivity contribution is 7.85. The summed E-state index contributed by atoms with van der Waals surface area (Å²) < 4.78 is 42.9. The molecule has 1 saturated heterocycles. The number of aliphatic hydroxyl groups is 3. The second-order valence-electron chi connectivity index (χ2n) is 14.9. The lowest BCUT2D eigenvalue weighted by molar-refractivity contribution is -0.228. The lowest BCUT2D eigenvalue weighted by atomic mass is 9.91. The van der Waals surface area contributed by atoms with Crippen molar-refractivity contribution in [1.29, 1.82) is 0 Å². The summed E-state index contributed by atoms with van der Waals surface area (Å²) in [6.45, 7) is 5.66. The summed E-state index contributed by atoms with van der Waals surface area (Å²) >= 11 is 0. The first-order chi connectivity index (χ1) is 28.6. The zero-order chi connectivity index (χ0) is 45.3. The number of carbonyl (C=O) groups excluding carboxylic acids is 6. The van der Waals surface area contributed by atoms with Crippen molar-refractivity contribution in [3.05, 3.63) is 53.4 Å². The van der Waals surface area contributed by atoms with E-state index in [4.69, 9.17) is 14.0 Å². The van der Waals surface area contributed by atoms with Crippen molar-refractivity contribution >= 4 is 57.3 Å². The number of aliphatic carboxylic acids is 1. The molecule has 0 saturated carbocycles. The fourth-order valence-corrected chi connectivity index (χ4v) is 7.04. The number of carboxylic acids is 1. The van der Waals surface area contributed by atoms with Crippen LogP contribution in [-0.4, -0.2) is 143 Å². The number of nitrogens with zero attached hydrogens (tertiary/aromatic N) is 4. The van der Waals surface area contributed by atoms with E-state index in [1.165, 1.54) is 36.9 Å². The average molecular weight is 880 g/mol. The van der Waals surface area contributed by atoms with Gasteiger partial charge in [0.05, 0.1) is 30.5 Å². The van der Waals surface area contributed by atoms with Crippen molar-refractivity contribution in [1.82, 2.24) is 30.5 Å². The summed E-state index contributed by atoms with van der Waals surface area (Å²) in [5, 5.41) is 55.8. The van der Waals surface area contributed by atoms with Crippen LogP contribution in [0.4, 0.5) is 5.69 Å². The van der Waals surface area contributed by atoms with E-state index in [1.807, 2.05) is 0 Å². The Labute approximate surface area is 349 Å². The Morgan fingerprint density at radius 1 is 0.951 bits per heavy atom. The van der Waals surface area contributed by atoms with Crippen LogP contribution in [0.3, 0.4) is 0 Å². The number of esters is 1. The van der Waals surface area contributed by atoms with Gasteiger partial charge in [-0.05, 0) is 55.4 Å². The molecular weight excluding hydrogens is 831 g/mol. The van der Waals surface area contributed by atoms with Crippen LogP contribution in [-0.2, 0) is 72.7 Å². The summed E-state index contributed by atoms with van der Waals surface area (Å²) in [7, 11) is -4.24. The minimum absolute atomic E-state index is 0.00857. The molecule has 0 aliphatic carbocycles. The van der Waals surface area contributed by atoms with Crippen LogP contribution in [0.2, 0.25) is 0 Å². The SMILES string of the molecule is CC(=O)OCc1ccc(NC(=O)[C@H](C)NC(=O)[C@@H](NC(=O)C[C@@H](c2cn(CCCS(=O)(=O)O)nn2)N2C(=O)C=CC2=O)C(C)C)cc1CC[C@@H]1O[C@H](C(=O)O)[C@@H](O)[C@H](O)[C@H]1O. The van der Waals surface area contributed by atoms with E-state index >= 15 is 0 Å². The molecule has 1 aromatic carbocycles. The number of anilines is 1. The molecule has 23 nitrogen and oxygen atoms in total. The highest BCUT2D eigenvalue weighted by Gasteiger charge is 2.46. The number of amides is 5. The Balaban J connectivity index is 1.43. The van der Waals surface area contributed by atoms with E-state index in [2.05, 4.69) is 26.3 Å². The number of carboxylic acid groups (broad SMARTS) is 1. The summed E-state index contributed by atoms with van der Waals surface area (Å²) in [5.41, 5.74) is 1.21. The van der Waals surface area contributed by atoms with Crippen molar-refractivity contribution in [2.24, 2.45) is 5.92 Å². The molecule has 24 heteroatoms. The fraction of sp³-hybridized carbons (Fsp3) is 0.541. The molecule has 0 spiro atoms. The van der Waals surface area contributed by atoms with Crippen LogP contribution in [0, 0.1) is 5.92 Å². The van der Waals surface area contributed by atoms with Gasteiger partial charge in [-0.15, -0.1) is 5.10 Å². The number of aryl methyl sites for hydroxylation is 2. The van der Waals surface area contributed by atoms with Gasteiger partial charge in [0, 0.05) is 31.3 Å². The lowest BCUT2D eigenvalue weighted by Crippen LogP contribution is -2.59. The number of nitrogens with one attached hydrogen (secondary N) is 3. The number of hydrogen-bond acceptors (Lipinski definition) is 16. The number of aliphatic hydroxyl groups excluding tert-OH is 3. The van der Waals surface area contributed by atoms with Gasteiger partial charge in [0.1, 0.15) is 42.7 Å². The fourth-order valence-electron chi connectivity index (χ4n) is 6.54. The van der Waals surface area contributed by atoms with Crippen LogP contribution in [0.1, 0.15) is 69.8 Å². The van der Waals surface area contributed by atoms with E-state index in [0.29, 0.717) is 11.1 Å². The normalized spacial score (nSPS) is 21.8. The number of ether oxygens (including phenoxy) is 2. The predicted molar refractivity (Wildman–Crippen MR) is 207 cm³/mol. The number of aromatic nitrogens is 3. The molecule has 0 bridgehead atoms. The molecule has 1 aromatic heterocycles. The Hall–Kier alpha value is -5.66. The van der Waals surface area contributed by atoms with Gasteiger partial charge in [-0.2, -0.15) is 8.42 Å². The maximum absolute atomic E-state index is 13.5. The van der Waals surface area contributed by atoms with Gasteiger partial charge >= 0.3 is 11.9 Å². The van der Waals surface area contributed by atoms with Crippen LogP contribution in [0.25, 0.3) is 0 Å². The van der Waals surface area contributed by atoms with Crippen molar-refractivity contribution < 1.29 is 76.4 Å². The zero-order valence-corrected chi connectivity index (χ0v) is 34.4. The molecule has 2 aliphatic rings. The highest BCUT2D eigenvalue weighted by atomic mass is 32.2. The molecule has 2 aliphatic heterocycles. The Bertz CT molecular complexity index is 2110. The molecule has 8 N–H and O–H groups in total. The van der Waals surface area contributed by atoms with Crippen molar-refractivity contribution in [3.63, 3.8) is 0 Å². The molecule has 61 heavy (non-hydrogen) atoms. The number of rotatable bonds is 20. The van der Waals surface area contributed by atoms with Crippen molar-refractivity contribution in [3.8, 4) is 0 Å². The predicted octanol–water partition coefficient (Wildman–Crippen LogP) is -1.87. The van der Waals surface area contributed by atoms with Crippen molar-refractivity contribution in [2.45, 2.75) is 115 Å². The number of carbonyl (C=O) groups is 7. The maximum Gasteiger partial charge on any atom is 0.335 e. The second kappa shape index (κ2) is 20.7. The minimum atomic E-state index is -4.24.